The molecule has 74 valence electrons. The first-order valence-corrected chi connectivity index (χ1v) is 5.76. The van der Waals surface area contributed by atoms with Crippen molar-refractivity contribution < 1.29 is 12.8 Å². The number of aryl methyl sites for hydroxylation is 1. The molecule has 4 heteroatoms. The van der Waals surface area contributed by atoms with Crippen molar-refractivity contribution in [1.29, 1.82) is 0 Å². The minimum absolute atomic E-state index is 0.107. The Morgan fingerprint density at radius 3 is 2.57 bits per heavy atom. The molecule has 0 aliphatic heterocycles. The van der Waals surface area contributed by atoms with Crippen molar-refractivity contribution in [1.82, 2.24) is 0 Å². The van der Waals surface area contributed by atoms with Crippen molar-refractivity contribution in [2.24, 2.45) is 0 Å². The van der Waals surface area contributed by atoms with Crippen molar-refractivity contribution in [3.8, 4) is 11.2 Å². The van der Waals surface area contributed by atoms with Gasteiger partial charge in [0.05, 0.1) is 11.8 Å². The van der Waals surface area contributed by atoms with E-state index in [2.05, 4.69) is 5.92 Å². The largest absolute Gasteiger partial charge is 0.216 e. The predicted molar refractivity (Wildman–Crippen MR) is 52.9 cm³/mol. The van der Waals surface area contributed by atoms with Gasteiger partial charge in [0.1, 0.15) is 5.82 Å². The summed E-state index contributed by atoms with van der Waals surface area (Å²) in [5, 5.41) is 1.99. The summed E-state index contributed by atoms with van der Waals surface area (Å²) >= 11 is 0. The van der Waals surface area contributed by atoms with Crippen LogP contribution in [0.2, 0.25) is 0 Å². The van der Waals surface area contributed by atoms with E-state index < -0.39 is 15.7 Å². The molecular formula is C10H9FO2S. The van der Waals surface area contributed by atoms with E-state index in [-0.39, 0.29) is 5.56 Å². The zero-order valence-corrected chi connectivity index (χ0v) is 8.65. The van der Waals surface area contributed by atoms with E-state index in [9.17, 15) is 12.8 Å². The normalized spacial score (nSPS) is 10.5. The monoisotopic (exact) mass is 212 g/mol. The molecule has 0 atom stereocenters. The maximum atomic E-state index is 13.0. The Kier molecular flexibility index (Phi) is 2.92. The second-order valence-electron chi connectivity index (χ2n) is 2.98. The summed E-state index contributed by atoms with van der Waals surface area (Å²) < 4.78 is 34.5. The van der Waals surface area contributed by atoms with Crippen molar-refractivity contribution in [2.75, 3.05) is 6.26 Å². The van der Waals surface area contributed by atoms with Crippen LogP contribution < -0.4 is 0 Å². The fourth-order valence-corrected chi connectivity index (χ4v) is 1.18. The molecule has 0 spiro atoms. The van der Waals surface area contributed by atoms with Gasteiger partial charge in [0, 0.05) is 5.25 Å². The highest BCUT2D eigenvalue weighted by atomic mass is 32.2. The van der Waals surface area contributed by atoms with E-state index in [1.807, 2.05) is 5.25 Å². The molecule has 0 aliphatic carbocycles. The fourth-order valence-electron chi connectivity index (χ4n) is 0.883. The summed E-state index contributed by atoms with van der Waals surface area (Å²) in [6, 6.07) is 4.37. The maximum Gasteiger partial charge on any atom is 0.214 e. The summed E-state index contributed by atoms with van der Waals surface area (Å²) in [6.45, 7) is 1.78. The smallest absolute Gasteiger partial charge is 0.214 e. The lowest BCUT2D eigenvalue weighted by molar-refractivity contribution is 0.611. The molecule has 0 aromatic heterocycles. The predicted octanol–water partition coefficient (Wildman–Crippen LogP) is 1.49. The standard InChI is InChI=1S/C10H9FO2S/c1-8-3-4-10(11)9(7-8)5-6-14(2,12)13/h3-4,7H,1-2H3. The van der Waals surface area contributed by atoms with E-state index >= 15 is 0 Å². The first kappa shape index (κ1) is 10.7. The minimum atomic E-state index is -3.38. The number of hydrogen-bond acceptors (Lipinski definition) is 2. The highest BCUT2D eigenvalue weighted by Gasteiger charge is 1.99. The van der Waals surface area contributed by atoms with E-state index in [0.717, 1.165) is 11.8 Å². The van der Waals surface area contributed by atoms with Crippen LogP contribution in [-0.2, 0) is 9.84 Å². The molecule has 0 saturated carbocycles. The van der Waals surface area contributed by atoms with Gasteiger partial charge < -0.3 is 0 Å². The van der Waals surface area contributed by atoms with Crippen LogP contribution in [-0.4, -0.2) is 14.7 Å². The van der Waals surface area contributed by atoms with Gasteiger partial charge in [-0.3, -0.25) is 0 Å². The fraction of sp³-hybridized carbons (Fsp3) is 0.200. The van der Waals surface area contributed by atoms with Crippen molar-refractivity contribution in [2.45, 2.75) is 6.92 Å². The van der Waals surface area contributed by atoms with E-state index in [1.165, 1.54) is 12.1 Å². The second-order valence-corrected chi connectivity index (χ2v) is 4.73. The first-order valence-electron chi connectivity index (χ1n) is 3.87. The minimum Gasteiger partial charge on any atom is -0.216 e. The van der Waals surface area contributed by atoms with Crippen molar-refractivity contribution in [3.05, 3.63) is 35.1 Å². The molecule has 0 saturated heterocycles. The van der Waals surface area contributed by atoms with Crippen LogP contribution in [0.4, 0.5) is 4.39 Å². The Morgan fingerprint density at radius 2 is 2.00 bits per heavy atom. The van der Waals surface area contributed by atoms with Gasteiger partial charge in [-0.05, 0) is 30.5 Å². The summed E-state index contributed by atoms with van der Waals surface area (Å²) in [7, 11) is -3.38. The van der Waals surface area contributed by atoms with E-state index in [4.69, 9.17) is 0 Å². The summed E-state index contributed by atoms with van der Waals surface area (Å²) in [4.78, 5) is 0. The van der Waals surface area contributed by atoms with E-state index in [1.54, 1.807) is 13.0 Å². The van der Waals surface area contributed by atoms with Crippen LogP contribution in [0.25, 0.3) is 0 Å². The first-order chi connectivity index (χ1) is 6.38. The Morgan fingerprint density at radius 1 is 1.36 bits per heavy atom. The summed E-state index contributed by atoms with van der Waals surface area (Å²) in [5.41, 5.74) is 0.944. The Balaban J connectivity index is 3.19. The number of hydrogen-bond donors (Lipinski definition) is 0. The molecule has 0 N–H and O–H groups in total. The molecule has 2 nitrogen and oxygen atoms in total. The van der Waals surface area contributed by atoms with Gasteiger partial charge in [-0.1, -0.05) is 6.07 Å². The van der Waals surface area contributed by atoms with Crippen LogP contribution in [0, 0.1) is 23.9 Å². The molecule has 1 rings (SSSR count). The van der Waals surface area contributed by atoms with Gasteiger partial charge >= 0.3 is 0 Å². The Hall–Kier alpha value is -1.34. The molecule has 0 unspecified atom stereocenters. The van der Waals surface area contributed by atoms with Crippen LogP contribution in [0.3, 0.4) is 0 Å². The van der Waals surface area contributed by atoms with Crippen LogP contribution in [0.1, 0.15) is 11.1 Å². The molecule has 0 fully saturated rings. The topological polar surface area (TPSA) is 34.1 Å². The molecule has 0 heterocycles. The summed E-state index contributed by atoms with van der Waals surface area (Å²) in [6.07, 6.45) is 0.980. The number of sulfone groups is 1. The average molecular weight is 212 g/mol. The highest BCUT2D eigenvalue weighted by Crippen LogP contribution is 2.08. The third-order valence-electron chi connectivity index (χ3n) is 1.49. The lowest BCUT2D eigenvalue weighted by atomic mass is 10.1. The molecule has 1 aromatic carbocycles. The zero-order chi connectivity index (χ0) is 10.8. The number of halogens is 1. The van der Waals surface area contributed by atoms with Gasteiger partial charge in [0.15, 0.2) is 0 Å². The van der Waals surface area contributed by atoms with E-state index in [0.29, 0.717) is 0 Å². The van der Waals surface area contributed by atoms with Crippen molar-refractivity contribution in [3.63, 3.8) is 0 Å². The number of benzene rings is 1. The average Bonchev–Trinajstić information content (AvgIpc) is 2.05. The van der Waals surface area contributed by atoms with Crippen molar-refractivity contribution >= 4 is 9.84 Å². The van der Waals surface area contributed by atoms with Gasteiger partial charge in [-0.25, -0.2) is 12.8 Å². The lowest BCUT2D eigenvalue weighted by Crippen LogP contribution is -1.90. The quantitative estimate of drug-likeness (QED) is 0.610. The third kappa shape index (κ3) is 3.19. The van der Waals surface area contributed by atoms with Gasteiger partial charge in [-0.15, -0.1) is 0 Å². The molecule has 0 radical (unpaired) electrons. The van der Waals surface area contributed by atoms with Gasteiger partial charge in [0.2, 0.25) is 9.84 Å². The zero-order valence-electron chi connectivity index (χ0n) is 7.83. The molecule has 0 aliphatic rings. The molecule has 0 bridgehead atoms. The molecule has 0 amide bonds. The van der Waals surface area contributed by atoms with Crippen LogP contribution in [0.15, 0.2) is 18.2 Å². The Labute approximate surface area is 82.7 Å². The van der Waals surface area contributed by atoms with Crippen LogP contribution >= 0.6 is 0 Å². The summed E-state index contributed by atoms with van der Waals surface area (Å²) in [5.74, 6) is 1.77. The van der Waals surface area contributed by atoms with Crippen LogP contribution in [0.5, 0.6) is 0 Å². The maximum absolute atomic E-state index is 13.0. The SMILES string of the molecule is Cc1ccc(F)c(C#CS(C)(=O)=O)c1. The lowest BCUT2D eigenvalue weighted by Gasteiger charge is -1.95. The van der Waals surface area contributed by atoms with Gasteiger partial charge in [0.25, 0.3) is 0 Å². The Bertz CT molecular complexity index is 507. The second kappa shape index (κ2) is 3.81. The van der Waals surface area contributed by atoms with Gasteiger partial charge in [-0.2, -0.15) is 0 Å². The molecular weight excluding hydrogens is 203 g/mol. The third-order valence-corrected chi connectivity index (χ3v) is 1.97. The molecule has 14 heavy (non-hydrogen) atoms. The highest BCUT2D eigenvalue weighted by molar-refractivity contribution is 7.95. The number of rotatable bonds is 0. The molecule has 1 aromatic rings.